The third kappa shape index (κ3) is 4.59. The third-order valence-corrected chi connectivity index (χ3v) is 5.15. The van der Waals surface area contributed by atoms with E-state index in [0.717, 1.165) is 0 Å². The van der Waals surface area contributed by atoms with Crippen LogP contribution in [-0.4, -0.2) is 15.9 Å². The summed E-state index contributed by atoms with van der Waals surface area (Å²) in [6.45, 7) is 8.04. The zero-order valence-corrected chi connectivity index (χ0v) is 13.9. The SMILES string of the molecule is CC(N[S@@+]([O-])C(C)(C)C)c1cccc(OCC2CC2)c1F. The molecule has 0 heterocycles. The quantitative estimate of drug-likeness (QED) is 0.814. The predicted molar refractivity (Wildman–Crippen MR) is 84.1 cm³/mol. The van der Waals surface area contributed by atoms with Gasteiger partial charge in [-0.05, 0) is 52.5 Å². The normalized spacial score (nSPS) is 18.4. The summed E-state index contributed by atoms with van der Waals surface area (Å²) in [7, 11) is 0. The van der Waals surface area contributed by atoms with Gasteiger partial charge in [0, 0.05) is 16.9 Å². The molecule has 0 radical (unpaired) electrons. The van der Waals surface area contributed by atoms with E-state index in [1.165, 1.54) is 12.8 Å². The Balaban J connectivity index is 2.05. The lowest BCUT2D eigenvalue weighted by Crippen LogP contribution is -2.40. The molecule has 0 spiro atoms. The molecule has 3 nitrogen and oxygen atoms in total. The van der Waals surface area contributed by atoms with Crippen molar-refractivity contribution >= 4 is 11.4 Å². The molecule has 0 amide bonds. The molecule has 1 saturated carbocycles. The van der Waals surface area contributed by atoms with Crippen LogP contribution in [0.1, 0.15) is 52.1 Å². The van der Waals surface area contributed by atoms with Crippen molar-refractivity contribution in [2.75, 3.05) is 6.61 Å². The van der Waals surface area contributed by atoms with Gasteiger partial charge in [0.15, 0.2) is 11.6 Å². The standard InChI is InChI=1S/C16H24FNO2S/c1-11(18-21(19)16(2,3)4)13-6-5-7-14(15(13)17)20-10-12-8-9-12/h5-7,11-12,18H,8-10H2,1-4H3/t11?,21-/m0/s1. The lowest BCUT2D eigenvalue weighted by Gasteiger charge is -2.26. The summed E-state index contributed by atoms with van der Waals surface area (Å²) in [4.78, 5) is 0. The van der Waals surface area contributed by atoms with E-state index in [2.05, 4.69) is 4.72 Å². The van der Waals surface area contributed by atoms with Gasteiger partial charge in [-0.15, -0.1) is 4.72 Å². The lowest BCUT2D eigenvalue weighted by molar-refractivity contribution is 0.283. The monoisotopic (exact) mass is 313 g/mol. The largest absolute Gasteiger partial charge is 0.598 e. The first kappa shape index (κ1) is 16.6. The summed E-state index contributed by atoms with van der Waals surface area (Å²) in [5, 5.41) is 0. The molecule has 21 heavy (non-hydrogen) atoms. The summed E-state index contributed by atoms with van der Waals surface area (Å²) < 4.78 is 34.7. The average molecular weight is 313 g/mol. The fraction of sp³-hybridized carbons (Fsp3) is 0.625. The molecule has 0 saturated heterocycles. The van der Waals surface area contributed by atoms with Crippen LogP contribution in [0.5, 0.6) is 5.75 Å². The summed E-state index contributed by atoms with van der Waals surface area (Å²) in [6, 6.07) is 4.79. The molecular weight excluding hydrogens is 289 g/mol. The van der Waals surface area contributed by atoms with Crippen LogP contribution in [0.4, 0.5) is 4.39 Å². The zero-order valence-electron chi connectivity index (χ0n) is 13.1. The highest BCUT2D eigenvalue weighted by atomic mass is 32.2. The van der Waals surface area contributed by atoms with E-state index in [9.17, 15) is 8.94 Å². The predicted octanol–water partition coefficient (Wildman–Crippen LogP) is 3.73. The van der Waals surface area contributed by atoms with Gasteiger partial charge in [0.2, 0.25) is 0 Å². The van der Waals surface area contributed by atoms with Crippen LogP contribution in [0.3, 0.4) is 0 Å². The van der Waals surface area contributed by atoms with E-state index < -0.39 is 11.4 Å². The molecule has 5 heteroatoms. The minimum Gasteiger partial charge on any atom is -0.598 e. The minimum atomic E-state index is -1.24. The number of benzene rings is 1. The molecule has 0 aromatic heterocycles. The number of rotatable bonds is 6. The van der Waals surface area contributed by atoms with Crippen LogP contribution in [0.2, 0.25) is 0 Å². The fourth-order valence-corrected chi connectivity index (χ4v) is 2.67. The van der Waals surface area contributed by atoms with Gasteiger partial charge in [0.05, 0.1) is 12.6 Å². The number of hydrogen-bond acceptors (Lipinski definition) is 3. The highest BCUT2D eigenvalue weighted by Crippen LogP contribution is 2.32. The van der Waals surface area contributed by atoms with Crippen molar-refractivity contribution in [3.63, 3.8) is 0 Å². The molecule has 1 aromatic rings. The van der Waals surface area contributed by atoms with Gasteiger partial charge in [-0.25, -0.2) is 4.39 Å². The van der Waals surface area contributed by atoms with Crippen molar-refractivity contribution < 1.29 is 13.7 Å². The van der Waals surface area contributed by atoms with Crippen LogP contribution >= 0.6 is 0 Å². The Morgan fingerprint density at radius 2 is 2.10 bits per heavy atom. The molecule has 2 atom stereocenters. The van der Waals surface area contributed by atoms with Crippen LogP contribution in [-0.2, 0) is 11.4 Å². The van der Waals surface area contributed by atoms with Gasteiger partial charge in [-0.2, -0.15) is 0 Å². The van der Waals surface area contributed by atoms with Crippen molar-refractivity contribution in [2.24, 2.45) is 5.92 Å². The third-order valence-electron chi connectivity index (χ3n) is 3.47. The van der Waals surface area contributed by atoms with E-state index in [1.807, 2.05) is 27.7 Å². The second-order valence-electron chi connectivity index (χ2n) is 6.63. The van der Waals surface area contributed by atoms with Crippen LogP contribution in [0.15, 0.2) is 18.2 Å². The zero-order chi connectivity index (χ0) is 15.6. The van der Waals surface area contributed by atoms with E-state index >= 15 is 0 Å². The second-order valence-corrected chi connectivity index (χ2v) is 8.63. The fourth-order valence-electron chi connectivity index (χ4n) is 1.87. The molecule has 1 N–H and O–H groups in total. The number of nitrogens with one attached hydrogen (secondary N) is 1. The van der Waals surface area contributed by atoms with Crippen LogP contribution in [0.25, 0.3) is 0 Å². The minimum absolute atomic E-state index is 0.287. The molecule has 1 aliphatic rings. The number of ether oxygens (including phenoxy) is 1. The van der Waals surface area contributed by atoms with E-state index in [1.54, 1.807) is 18.2 Å². The maximum absolute atomic E-state index is 14.5. The summed E-state index contributed by atoms with van der Waals surface area (Å²) in [5.41, 5.74) is 0.487. The van der Waals surface area contributed by atoms with E-state index in [-0.39, 0.29) is 22.4 Å². The van der Waals surface area contributed by atoms with Gasteiger partial charge < -0.3 is 9.29 Å². The van der Waals surface area contributed by atoms with Crippen LogP contribution in [0, 0.1) is 11.7 Å². The first-order valence-corrected chi connectivity index (χ1v) is 8.53. The summed E-state index contributed by atoms with van der Waals surface area (Å²) in [6.07, 6.45) is 2.34. The average Bonchev–Trinajstić information content (AvgIpc) is 3.20. The molecule has 0 aliphatic heterocycles. The molecule has 1 fully saturated rings. The molecule has 2 rings (SSSR count). The maximum Gasteiger partial charge on any atom is 0.169 e. The molecule has 118 valence electrons. The van der Waals surface area contributed by atoms with E-state index in [4.69, 9.17) is 4.74 Å². The molecular formula is C16H24FNO2S. The molecule has 1 aromatic carbocycles. The molecule has 1 unspecified atom stereocenters. The Morgan fingerprint density at radius 3 is 2.67 bits per heavy atom. The Labute approximate surface area is 129 Å². The van der Waals surface area contributed by atoms with Gasteiger partial charge in [-0.3, -0.25) is 0 Å². The number of hydrogen-bond donors (Lipinski definition) is 1. The first-order valence-electron chi connectivity index (χ1n) is 7.38. The lowest BCUT2D eigenvalue weighted by atomic mass is 10.1. The molecule has 0 bridgehead atoms. The van der Waals surface area contributed by atoms with Crippen molar-refractivity contribution in [3.8, 4) is 5.75 Å². The van der Waals surface area contributed by atoms with Crippen molar-refractivity contribution in [1.29, 1.82) is 0 Å². The number of halogens is 1. The van der Waals surface area contributed by atoms with Crippen LogP contribution < -0.4 is 9.46 Å². The summed E-state index contributed by atoms with van der Waals surface area (Å²) >= 11 is -1.24. The Morgan fingerprint density at radius 1 is 1.43 bits per heavy atom. The first-order chi connectivity index (χ1) is 9.79. The van der Waals surface area contributed by atoms with Crippen molar-refractivity contribution in [2.45, 2.75) is 51.3 Å². The maximum atomic E-state index is 14.5. The van der Waals surface area contributed by atoms with Gasteiger partial charge in [-0.1, -0.05) is 12.1 Å². The van der Waals surface area contributed by atoms with E-state index in [0.29, 0.717) is 18.1 Å². The smallest absolute Gasteiger partial charge is 0.169 e. The highest BCUT2D eigenvalue weighted by Gasteiger charge is 2.29. The van der Waals surface area contributed by atoms with Gasteiger partial charge in [0.25, 0.3) is 0 Å². The van der Waals surface area contributed by atoms with Crippen molar-refractivity contribution in [1.82, 2.24) is 4.72 Å². The topological polar surface area (TPSA) is 44.3 Å². The molecule has 1 aliphatic carbocycles. The van der Waals surface area contributed by atoms with Crippen molar-refractivity contribution in [3.05, 3.63) is 29.6 Å². The second kappa shape index (κ2) is 6.55. The Bertz CT molecular complexity index is 486. The van der Waals surface area contributed by atoms with Gasteiger partial charge >= 0.3 is 0 Å². The van der Waals surface area contributed by atoms with Gasteiger partial charge in [0.1, 0.15) is 4.75 Å². The highest BCUT2D eigenvalue weighted by molar-refractivity contribution is 7.90. The summed E-state index contributed by atoms with van der Waals surface area (Å²) in [5.74, 6) is 0.510. The Kier molecular flexibility index (Phi) is 5.17. The Hall–Kier alpha value is -0.780.